The summed E-state index contributed by atoms with van der Waals surface area (Å²) >= 11 is 0. The number of hydrogen-bond donors (Lipinski definition) is 1. The molecule has 25 heavy (non-hydrogen) atoms. The molecule has 0 saturated carbocycles. The highest BCUT2D eigenvalue weighted by Gasteiger charge is 2.28. The van der Waals surface area contributed by atoms with Crippen LogP contribution in [-0.4, -0.2) is 63.3 Å². The van der Waals surface area contributed by atoms with E-state index >= 15 is 0 Å². The van der Waals surface area contributed by atoms with Crippen molar-refractivity contribution < 1.29 is 17.6 Å². The van der Waals surface area contributed by atoms with Gasteiger partial charge < -0.3 is 10.2 Å². The average Bonchev–Trinajstić information content (AvgIpc) is 2.82. The molecule has 6 nitrogen and oxygen atoms in total. The van der Waals surface area contributed by atoms with Gasteiger partial charge in [0.15, 0.2) is 0 Å². The summed E-state index contributed by atoms with van der Waals surface area (Å²) in [4.78, 5) is 14.0. The number of halogens is 2. The van der Waals surface area contributed by atoms with Gasteiger partial charge in [-0.2, -0.15) is 4.31 Å². The highest BCUT2D eigenvalue weighted by Crippen LogP contribution is 2.18. The van der Waals surface area contributed by atoms with Crippen LogP contribution in [0, 0.1) is 5.82 Å². The molecule has 1 fully saturated rings. The zero-order valence-electron chi connectivity index (χ0n) is 14.3. The van der Waals surface area contributed by atoms with Crippen molar-refractivity contribution in [2.75, 3.05) is 39.8 Å². The predicted octanol–water partition coefficient (Wildman–Crippen LogP) is 1.47. The molecule has 1 aliphatic rings. The number of nitrogens with zero attached hydrogens (tertiary/aromatic N) is 2. The van der Waals surface area contributed by atoms with Crippen LogP contribution in [0.25, 0.3) is 0 Å². The van der Waals surface area contributed by atoms with Crippen LogP contribution in [0.5, 0.6) is 0 Å². The largest absolute Gasteiger partial charge is 0.341 e. The summed E-state index contributed by atoms with van der Waals surface area (Å²) in [5, 5.41) is 3.00. The van der Waals surface area contributed by atoms with E-state index in [0.29, 0.717) is 32.5 Å². The second-order valence-electron chi connectivity index (χ2n) is 5.80. The van der Waals surface area contributed by atoms with Crippen LogP contribution in [0.3, 0.4) is 0 Å². The predicted molar refractivity (Wildman–Crippen MR) is 96.8 cm³/mol. The van der Waals surface area contributed by atoms with Gasteiger partial charge in [0.25, 0.3) is 0 Å². The van der Waals surface area contributed by atoms with E-state index in [-0.39, 0.29) is 29.8 Å². The Morgan fingerprint density at radius 2 is 1.84 bits per heavy atom. The highest BCUT2D eigenvalue weighted by atomic mass is 35.5. The standard InChI is InChI=1S/C16H24FN3O3S.ClH/c1-18-9-2-4-16(21)19-10-3-11-20(13-12-19)24(22,23)15-7-5-14(17)6-8-15;/h5-8,18H,2-4,9-13H2,1H3;1H. The van der Waals surface area contributed by atoms with E-state index in [0.717, 1.165) is 25.1 Å². The van der Waals surface area contributed by atoms with Crippen LogP contribution in [0.2, 0.25) is 0 Å². The zero-order chi connectivity index (χ0) is 17.6. The first-order valence-electron chi connectivity index (χ1n) is 8.13. The van der Waals surface area contributed by atoms with Crippen LogP contribution >= 0.6 is 12.4 Å². The Labute approximate surface area is 154 Å². The maximum atomic E-state index is 13.0. The Morgan fingerprint density at radius 3 is 2.48 bits per heavy atom. The van der Waals surface area contributed by atoms with Crippen LogP contribution < -0.4 is 5.32 Å². The second kappa shape index (κ2) is 10.1. The molecule has 1 amide bonds. The van der Waals surface area contributed by atoms with Crippen molar-refractivity contribution in [3.8, 4) is 0 Å². The van der Waals surface area contributed by atoms with E-state index in [9.17, 15) is 17.6 Å². The fourth-order valence-corrected chi connectivity index (χ4v) is 4.18. The molecule has 1 saturated heterocycles. The molecule has 0 atom stereocenters. The van der Waals surface area contributed by atoms with Crippen molar-refractivity contribution in [3.63, 3.8) is 0 Å². The maximum absolute atomic E-state index is 13.0. The van der Waals surface area contributed by atoms with Crippen LogP contribution in [0.4, 0.5) is 4.39 Å². The van der Waals surface area contributed by atoms with Crippen molar-refractivity contribution >= 4 is 28.3 Å². The second-order valence-corrected chi connectivity index (χ2v) is 7.74. The Hall–Kier alpha value is -1.22. The van der Waals surface area contributed by atoms with E-state index in [1.807, 2.05) is 7.05 Å². The van der Waals surface area contributed by atoms with Gasteiger partial charge in [-0.05, 0) is 50.7 Å². The average molecular weight is 394 g/mol. The molecule has 1 heterocycles. The number of amides is 1. The van der Waals surface area contributed by atoms with E-state index in [2.05, 4.69) is 5.32 Å². The molecule has 0 spiro atoms. The van der Waals surface area contributed by atoms with Gasteiger partial charge in [0.05, 0.1) is 4.90 Å². The summed E-state index contributed by atoms with van der Waals surface area (Å²) < 4.78 is 39.6. The van der Waals surface area contributed by atoms with Crippen LogP contribution in [0.1, 0.15) is 19.3 Å². The number of carbonyl (C=O) groups is 1. The minimum Gasteiger partial charge on any atom is -0.341 e. The zero-order valence-corrected chi connectivity index (χ0v) is 15.9. The van der Waals surface area contributed by atoms with E-state index in [1.54, 1.807) is 4.90 Å². The number of hydrogen-bond acceptors (Lipinski definition) is 4. The number of rotatable bonds is 6. The first-order valence-corrected chi connectivity index (χ1v) is 9.57. The Balaban J connectivity index is 0.00000312. The molecule has 1 N–H and O–H groups in total. The fourth-order valence-electron chi connectivity index (χ4n) is 2.71. The monoisotopic (exact) mass is 393 g/mol. The Kier molecular flexibility index (Phi) is 8.78. The van der Waals surface area contributed by atoms with Crippen molar-refractivity contribution in [1.29, 1.82) is 0 Å². The quantitative estimate of drug-likeness (QED) is 0.743. The lowest BCUT2D eigenvalue weighted by atomic mass is 10.2. The van der Waals surface area contributed by atoms with Gasteiger partial charge in [-0.25, -0.2) is 12.8 Å². The normalized spacial score (nSPS) is 16.2. The molecule has 0 unspecified atom stereocenters. The summed E-state index contributed by atoms with van der Waals surface area (Å²) in [6.45, 7) is 2.36. The fraction of sp³-hybridized carbons (Fsp3) is 0.562. The summed E-state index contributed by atoms with van der Waals surface area (Å²) in [5.74, 6) is -0.408. The highest BCUT2D eigenvalue weighted by molar-refractivity contribution is 7.89. The number of benzene rings is 1. The molecular formula is C16H25ClFN3O3S. The molecule has 0 radical (unpaired) electrons. The molecule has 0 aliphatic carbocycles. The summed E-state index contributed by atoms with van der Waals surface area (Å²) in [6, 6.07) is 4.83. The lowest BCUT2D eigenvalue weighted by Crippen LogP contribution is -2.37. The molecule has 142 valence electrons. The topological polar surface area (TPSA) is 69.7 Å². The third-order valence-corrected chi connectivity index (χ3v) is 5.99. The molecule has 1 aromatic rings. The third kappa shape index (κ3) is 5.91. The Bertz CT molecular complexity index is 655. The van der Waals surface area contributed by atoms with E-state index < -0.39 is 15.8 Å². The van der Waals surface area contributed by atoms with Gasteiger partial charge in [0.1, 0.15) is 5.82 Å². The van der Waals surface area contributed by atoms with Crippen molar-refractivity contribution in [2.45, 2.75) is 24.2 Å². The van der Waals surface area contributed by atoms with Crippen LogP contribution in [-0.2, 0) is 14.8 Å². The van der Waals surface area contributed by atoms with Crippen molar-refractivity contribution in [1.82, 2.24) is 14.5 Å². The van der Waals surface area contributed by atoms with Gasteiger partial charge in [0, 0.05) is 32.6 Å². The van der Waals surface area contributed by atoms with Gasteiger partial charge in [-0.3, -0.25) is 4.79 Å². The minimum absolute atomic E-state index is 0. The number of carbonyl (C=O) groups excluding carboxylic acids is 1. The van der Waals surface area contributed by atoms with Crippen molar-refractivity contribution in [3.05, 3.63) is 30.1 Å². The molecule has 1 aromatic carbocycles. The van der Waals surface area contributed by atoms with E-state index in [4.69, 9.17) is 0 Å². The van der Waals surface area contributed by atoms with E-state index in [1.165, 1.54) is 16.4 Å². The summed E-state index contributed by atoms with van der Waals surface area (Å²) in [6.07, 6.45) is 1.83. The summed E-state index contributed by atoms with van der Waals surface area (Å²) in [7, 11) is -1.81. The van der Waals surface area contributed by atoms with Gasteiger partial charge in [-0.15, -0.1) is 12.4 Å². The molecule has 9 heteroatoms. The summed E-state index contributed by atoms with van der Waals surface area (Å²) in [5.41, 5.74) is 0. The van der Waals surface area contributed by atoms with Gasteiger partial charge in [0.2, 0.25) is 15.9 Å². The molecule has 0 aromatic heterocycles. The molecular weight excluding hydrogens is 369 g/mol. The third-order valence-electron chi connectivity index (χ3n) is 4.08. The molecule has 2 rings (SSSR count). The lowest BCUT2D eigenvalue weighted by molar-refractivity contribution is -0.131. The number of nitrogens with one attached hydrogen (secondary N) is 1. The smallest absolute Gasteiger partial charge is 0.243 e. The lowest BCUT2D eigenvalue weighted by Gasteiger charge is -2.22. The Morgan fingerprint density at radius 1 is 1.16 bits per heavy atom. The van der Waals surface area contributed by atoms with Crippen LogP contribution in [0.15, 0.2) is 29.2 Å². The molecule has 1 aliphatic heterocycles. The maximum Gasteiger partial charge on any atom is 0.243 e. The first-order chi connectivity index (χ1) is 11.4. The first kappa shape index (κ1) is 21.8. The minimum atomic E-state index is -3.65. The van der Waals surface area contributed by atoms with Crippen molar-refractivity contribution in [2.24, 2.45) is 0 Å². The SMILES string of the molecule is CNCCCC(=O)N1CCCN(S(=O)(=O)c2ccc(F)cc2)CC1.Cl. The molecule has 0 bridgehead atoms. The number of sulfonamides is 1. The van der Waals surface area contributed by atoms with Gasteiger partial charge >= 0.3 is 0 Å². The van der Waals surface area contributed by atoms with Gasteiger partial charge in [-0.1, -0.05) is 0 Å².